The van der Waals surface area contributed by atoms with Gasteiger partial charge in [0.25, 0.3) is 0 Å². The summed E-state index contributed by atoms with van der Waals surface area (Å²) in [7, 11) is 1.41. The second kappa shape index (κ2) is 4.53. The molecule has 0 radical (unpaired) electrons. The van der Waals surface area contributed by atoms with Crippen molar-refractivity contribution in [1.82, 2.24) is 0 Å². The molecule has 3 heteroatoms. The SMILES string of the molecule is COC(=O)c1ccccc1C1C=CCS1. The van der Waals surface area contributed by atoms with Crippen LogP contribution in [-0.4, -0.2) is 18.8 Å². The molecule has 1 heterocycles. The van der Waals surface area contributed by atoms with Crippen LogP contribution in [0.15, 0.2) is 36.4 Å². The third kappa shape index (κ3) is 2.07. The number of carbonyl (C=O) groups is 1. The van der Waals surface area contributed by atoms with Gasteiger partial charge in [0.2, 0.25) is 0 Å². The van der Waals surface area contributed by atoms with Gasteiger partial charge in [-0.05, 0) is 11.6 Å². The van der Waals surface area contributed by atoms with Gasteiger partial charge in [-0.1, -0.05) is 30.4 Å². The second-order valence-corrected chi connectivity index (χ2v) is 4.44. The molecule has 1 aliphatic rings. The average molecular weight is 220 g/mol. The Morgan fingerprint density at radius 2 is 2.27 bits per heavy atom. The molecule has 2 nitrogen and oxygen atoms in total. The van der Waals surface area contributed by atoms with Crippen LogP contribution in [0.25, 0.3) is 0 Å². The zero-order chi connectivity index (χ0) is 10.7. The van der Waals surface area contributed by atoms with E-state index in [-0.39, 0.29) is 5.97 Å². The van der Waals surface area contributed by atoms with Crippen LogP contribution in [0.5, 0.6) is 0 Å². The van der Waals surface area contributed by atoms with E-state index >= 15 is 0 Å². The van der Waals surface area contributed by atoms with E-state index < -0.39 is 0 Å². The van der Waals surface area contributed by atoms with Gasteiger partial charge in [0.1, 0.15) is 0 Å². The normalized spacial score (nSPS) is 19.1. The maximum atomic E-state index is 11.5. The van der Waals surface area contributed by atoms with E-state index in [0.29, 0.717) is 10.8 Å². The summed E-state index contributed by atoms with van der Waals surface area (Å²) in [5.41, 5.74) is 1.71. The Hall–Kier alpha value is -1.22. The Labute approximate surface area is 93.3 Å². The Morgan fingerprint density at radius 1 is 1.47 bits per heavy atom. The number of carbonyl (C=O) groups excluding carboxylic acids is 1. The van der Waals surface area contributed by atoms with Crippen LogP contribution in [0.1, 0.15) is 21.2 Å². The van der Waals surface area contributed by atoms with Gasteiger partial charge < -0.3 is 4.74 Å². The largest absolute Gasteiger partial charge is 0.465 e. The molecule has 0 fully saturated rings. The van der Waals surface area contributed by atoms with Crippen molar-refractivity contribution < 1.29 is 9.53 Å². The summed E-state index contributed by atoms with van der Waals surface area (Å²) in [5.74, 6) is 0.756. The number of hydrogen-bond donors (Lipinski definition) is 0. The summed E-state index contributed by atoms with van der Waals surface area (Å²) in [6, 6.07) is 7.61. The average Bonchev–Trinajstić information content (AvgIpc) is 2.81. The van der Waals surface area contributed by atoms with Crippen molar-refractivity contribution in [2.45, 2.75) is 5.25 Å². The van der Waals surface area contributed by atoms with E-state index in [2.05, 4.69) is 12.2 Å². The second-order valence-electron chi connectivity index (χ2n) is 3.26. The smallest absolute Gasteiger partial charge is 0.338 e. The minimum Gasteiger partial charge on any atom is -0.465 e. The first-order valence-corrected chi connectivity index (χ1v) is 5.83. The fourth-order valence-corrected chi connectivity index (χ4v) is 2.67. The van der Waals surface area contributed by atoms with E-state index in [0.717, 1.165) is 11.3 Å². The molecule has 0 aliphatic carbocycles. The first kappa shape index (κ1) is 10.3. The van der Waals surface area contributed by atoms with Crippen LogP contribution in [-0.2, 0) is 4.74 Å². The molecule has 0 saturated heterocycles. The molecule has 1 aromatic carbocycles. The molecule has 0 bridgehead atoms. The summed E-state index contributed by atoms with van der Waals surface area (Å²) in [5, 5.41) is 0.292. The highest BCUT2D eigenvalue weighted by molar-refractivity contribution is 8.00. The molecular formula is C12H12O2S. The molecule has 0 N–H and O–H groups in total. The first-order valence-electron chi connectivity index (χ1n) is 4.78. The molecule has 1 aliphatic heterocycles. The number of esters is 1. The molecule has 2 rings (SSSR count). The Balaban J connectivity index is 2.37. The zero-order valence-corrected chi connectivity index (χ0v) is 9.29. The monoisotopic (exact) mass is 220 g/mol. The Morgan fingerprint density at radius 3 is 2.93 bits per heavy atom. The molecule has 0 saturated carbocycles. The van der Waals surface area contributed by atoms with Gasteiger partial charge >= 0.3 is 5.97 Å². The lowest BCUT2D eigenvalue weighted by atomic mass is 10.0. The highest BCUT2D eigenvalue weighted by Gasteiger charge is 2.19. The van der Waals surface area contributed by atoms with Crippen molar-refractivity contribution >= 4 is 17.7 Å². The predicted molar refractivity (Wildman–Crippen MR) is 62.1 cm³/mol. The van der Waals surface area contributed by atoms with Crippen molar-refractivity contribution in [3.05, 3.63) is 47.5 Å². The van der Waals surface area contributed by atoms with Crippen molar-refractivity contribution in [2.24, 2.45) is 0 Å². The van der Waals surface area contributed by atoms with Gasteiger partial charge in [-0.25, -0.2) is 4.79 Å². The number of hydrogen-bond acceptors (Lipinski definition) is 3. The molecule has 0 aromatic heterocycles. The third-order valence-electron chi connectivity index (χ3n) is 2.36. The van der Waals surface area contributed by atoms with Gasteiger partial charge in [0.15, 0.2) is 0 Å². The van der Waals surface area contributed by atoms with Gasteiger partial charge in [-0.15, -0.1) is 11.8 Å². The molecule has 1 unspecified atom stereocenters. The van der Waals surface area contributed by atoms with Crippen molar-refractivity contribution in [1.29, 1.82) is 0 Å². The van der Waals surface area contributed by atoms with Gasteiger partial charge in [-0.3, -0.25) is 0 Å². The van der Waals surface area contributed by atoms with Crippen LogP contribution in [0.4, 0.5) is 0 Å². The quantitative estimate of drug-likeness (QED) is 0.566. The minimum atomic E-state index is -0.258. The summed E-state index contributed by atoms with van der Waals surface area (Å²) in [6.07, 6.45) is 4.26. The summed E-state index contributed by atoms with van der Waals surface area (Å²) >= 11 is 1.82. The number of benzene rings is 1. The highest BCUT2D eigenvalue weighted by Crippen LogP contribution is 2.36. The topological polar surface area (TPSA) is 26.3 Å². The lowest BCUT2D eigenvalue weighted by Gasteiger charge is -2.11. The van der Waals surface area contributed by atoms with E-state index in [1.807, 2.05) is 36.0 Å². The van der Waals surface area contributed by atoms with Crippen molar-refractivity contribution in [3.63, 3.8) is 0 Å². The molecule has 0 amide bonds. The maximum Gasteiger partial charge on any atom is 0.338 e. The summed E-state index contributed by atoms with van der Waals surface area (Å²) in [4.78, 5) is 11.5. The van der Waals surface area contributed by atoms with E-state index in [4.69, 9.17) is 4.74 Å². The zero-order valence-electron chi connectivity index (χ0n) is 8.47. The first-order chi connectivity index (χ1) is 7.33. The molecule has 1 atom stereocenters. The van der Waals surface area contributed by atoms with Crippen LogP contribution in [0.2, 0.25) is 0 Å². The van der Waals surface area contributed by atoms with Crippen LogP contribution < -0.4 is 0 Å². The van der Waals surface area contributed by atoms with Crippen LogP contribution in [0.3, 0.4) is 0 Å². The van der Waals surface area contributed by atoms with E-state index in [1.165, 1.54) is 7.11 Å². The standard InChI is InChI=1S/C12H12O2S/c1-14-12(13)10-6-3-2-5-9(10)11-7-4-8-15-11/h2-7,11H,8H2,1H3. The van der Waals surface area contributed by atoms with Gasteiger partial charge in [-0.2, -0.15) is 0 Å². The molecule has 15 heavy (non-hydrogen) atoms. The van der Waals surface area contributed by atoms with Crippen LogP contribution in [0, 0.1) is 0 Å². The number of rotatable bonds is 2. The fraction of sp³-hybridized carbons (Fsp3) is 0.250. The molecule has 0 spiro atoms. The van der Waals surface area contributed by atoms with E-state index in [9.17, 15) is 4.79 Å². The Kier molecular flexibility index (Phi) is 3.11. The summed E-state index contributed by atoms with van der Waals surface area (Å²) < 4.78 is 4.76. The third-order valence-corrected chi connectivity index (χ3v) is 3.51. The predicted octanol–water partition coefficient (Wildman–Crippen LogP) is 2.82. The van der Waals surface area contributed by atoms with Gasteiger partial charge in [0.05, 0.1) is 12.7 Å². The van der Waals surface area contributed by atoms with Crippen molar-refractivity contribution in [2.75, 3.05) is 12.9 Å². The van der Waals surface area contributed by atoms with Crippen molar-refractivity contribution in [3.8, 4) is 0 Å². The maximum absolute atomic E-state index is 11.5. The number of methoxy groups -OCH3 is 1. The van der Waals surface area contributed by atoms with Gasteiger partial charge in [0, 0.05) is 11.0 Å². The number of ether oxygens (including phenoxy) is 1. The fourth-order valence-electron chi connectivity index (χ4n) is 1.63. The van der Waals surface area contributed by atoms with Crippen LogP contribution >= 0.6 is 11.8 Å². The minimum absolute atomic E-state index is 0.258. The molecule has 1 aromatic rings. The lowest BCUT2D eigenvalue weighted by molar-refractivity contribution is 0.0599. The summed E-state index contributed by atoms with van der Waals surface area (Å²) in [6.45, 7) is 0. The highest BCUT2D eigenvalue weighted by atomic mass is 32.2. The lowest BCUT2D eigenvalue weighted by Crippen LogP contribution is -2.06. The molecular weight excluding hydrogens is 208 g/mol. The van der Waals surface area contributed by atoms with E-state index in [1.54, 1.807) is 0 Å². The Bertz CT molecular complexity index is 398. The molecule has 78 valence electrons. The number of thioether (sulfide) groups is 1.